The Morgan fingerprint density at radius 1 is 1.41 bits per heavy atom. The summed E-state index contributed by atoms with van der Waals surface area (Å²) in [6.07, 6.45) is 5.07. The molecule has 1 aliphatic rings. The van der Waals surface area contributed by atoms with Crippen LogP contribution >= 0.6 is 0 Å². The first-order chi connectivity index (χ1) is 10.6. The molecule has 1 atom stereocenters. The van der Waals surface area contributed by atoms with E-state index in [4.69, 9.17) is 10.2 Å². The number of amides is 1. The first-order valence-corrected chi connectivity index (χ1v) is 7.41. The maximum atomic E-state index is 12.0. The van der Waals surface area contributed by atoms with Gasteiger partial charge in [0.05, 0.1) is 6.04 Å². The van der Waals surface area contributed by atoms with Crippen LogP contribution in [0.4, 0.5) is 0 Å². The average Bonchev–Trinajstić information content (AvgIpc) is 2.95. The second-order valence-electron chi connectivity index (χ2n) is 5.65. The molecule has 1 aromatic carbocycles. The van der Waals surface area contributed by atoms with Gasteiger partial charge in [-0.2, -0.15) is 0 Å². The van der Waals surface area contributed by atoms with Gasteiger partial charge in [-0.05, 0) is 43.4 Å². The number of oxazole rings is 1. The molecule has 22 heavy (non-hydrogen) atoms. The third-order valence-corrected chi connectivity index (χ3v) is 3.90. The first-order valence-electron chi connectivity index (χ1n) is 7.41. The molecule has 1 saturated carbocycles. The number of phenols is 1. The van der Waals surface area contributed by atoms with E-state index in [0.29, 0.717) is 12.3 Å². The van der Waals surface area contributed by atoms with Gasteiger partial charge in [0.15, 0.2) is 5.69 Å². The third kappa shape index (κ3) is 3.28. The highest BCUT2D eigenvalue weighted by atomic mass is 16.3. The Balaban J connectivity index is 1.61. The molecule has 0 spiro atoms. The number of hydrogen-bond acceptors (Lipinski definition) is 5. The van der Waals surface area contributed by atoms with Gasteiger partial charge in [0.2, 0.25) is 5.89 Å². The van der Waals surface area contributed by atoms with Crippen molar-refractivity contribution in [3.63, 3.8) is 0 Å². The van der Waals surface area contributed by atoms with E-state index in [2.05, 4.69) is 10.3 Å². The molecule has 1 aromatic heterocycles. The summed E-state index contributed by atoms with van der Waals surface area (Å²) >= 11 is 0. The van der Waals surface area contributed by atoms with E-state index >= 15 is 0 Å². The lowest BCUT2D eigenvalue weighted by Gasteiger charge is -2.25. The third-order valence-electron chi connectivity index (χ3n) is 3.90. The van der Waals surface area contributed by atoms with Gasteiger partial charge in [-0.15, -0.1) is 0 Å². The van der Waals surface area contributed by atoms with Gasteiger partial charge in [-0.1, -0.05) is 12.1 Å². The van der Waals surface area contributed by atoms with E-state index in [-0.39, 0.29) is 23.4 Å². The van der Waals surface area contributed by atoms with Crippen LogP contribution in [-0.2, 0) is 6.42 Å². The molecule has 6 nitrogen and oxygen atoms in total. The molecule has 1 heterocycles. The highest BCUT2D eigenvalue weighted by Crippen LogP contribution is 2.20. The van der Waals surface area contributed by atoms with E-state index in [1.165, 1.54) is 6.26 Å². The fourth-order valence-electron chi connectivity index (χ4n) is 2.35. The summed E-state index contributed by atoms with van der Waals surface area (Å²) in [5, 5.41) is 12.2. The van der Waals surface area contributed by atoms with Crippen molar-refractivity contribution in [2.24, 2.45) is 5.73 Å². The Morgan fingerprint density at radius 2 is 2.14 bits per heavy atom. The molecule has 1 fully saturated rings. The number of hydrogen-bond donors (Lipinski definition) is 3. The summed E-state index contributed by atoms with van der Waals surface area (Å²) in [4.78, 5) is 16.2. The first kappa shape index (κ1) is 14.6. The number of carbonyl (C=O) groups is 1. The number of nitrogens with zero attached hydrogens (tertiary/aromatic N) is 1. The minimum Gasteiger partial charge on any atom is -0.508 e. The Labute approximate surface area is 128 Å². The van der Waals surface area contributed by atoms with Crippen LogP contribution in [0.15, 0.2) is 34.9 Å². The summed E-state index contributed by atoms with van der Waals surface area (Å²) < 4.78 is 5.33. The zero-order valence-electron chi connectivity index (χ0n) is 12.2. The fourth-order valence-corrected chi connectivity index (χ4v) is 2.35. The van der Waals surface area contributed by atoms with E-state index in [0.717, 1.165) is 24.8 Å². The standard InChI is InChI=1S/C16H19N3O3/c17-13(8-10-4-6-12(20)7-5-10)16-19-14(9-22-16)15(21)18-11-2-1-3-11/h4-7,9,11,13,20H,1-3,8,17H2,(H,18,21). The summed E-state index contributed by atoms with van der Waals surface area (Å²) in [7, 11) is 0. The summed E-state index contributed by atoms with van der Waals surface area (Å²) in [6.45, 7) is 0. The van der Waals surface area contributed by atoms with Crippen LogP contribution in [0.3, 0.4) is 0 Å². The molecule has 3 rings (SSSR count). The quantitative estimate of drug-likeness (QED) is 0.783. The van der Waals surface area contributed by atoms with Crippen molar-refractivity contribution >= 4 is 5.91 Å². The highest BCUT2D eigenvalue weighted by Gasteiger charge is 2.23. The normalized spacial score (nSPS) is 16.0. The number of phenolic OH excluding ortho intramolecular Hbond substituents is 1. The van der Waals surface area contributed by atoms with Crippen LogP contribution in [0.1, 0.15) is 47.2 Å². The van der Waals surface area contributed by atoms with Gasteiger partial charge in [0.25, 0.3) is 5.91 Å². The molecule has 1 amide bonds. The average molecular weight is 301 g/mol. The maximum Gasteiger partial charge on any atom is 0.273 e. The largest absolute Gasteiger partial charge is 0.508 e. The number of aromatic hydroxyl groups is 1. The number of benzene rings is 1. The highest BCUT2D eigenvalue weighted by molar-refractivity contribution is 5.92. The molecule has 0 saturated heterocycles. The molecular weight excluding hydrogens is 282 g/mol. The van der Waals surface area contributed by atoms with Gasteiger partial charge < -0.3 is 20.6 Å². The van der Waals surface area contributed by atoms with Crippen molar-refractivity contribution in [1.29, 1.82) is 0 Å². The zero-order chi connectivity index (χ0) is 15.5. The van der Waals surface area contributed by atoms with Crippen LogP contribution in [-0.4, -0.2) is 22.0 Å². The Morgan fingerprint density at radius 3 is 2.77 bits per heavy atom. The second kappa shape index (κ2) is 6.19. The van der Waals surface area contributed by atoms with Crippen LogP contribution in [0, 0.1) is 0 Å². The van der Waals surface area contributed by atoms with Gasteiger partial charge in [0, 0.05) is 6.04 Å². The molecule has 2 aromatic rings. The van der Waals surface area contributed by atoms with Crippen LogP contribution in [0.25, 0.3) is 0 Å². The lowest BCUT2D eigenvalue weighted by Crippen LogP contribution is -2.39. The molecular formula is C16H19N3O3. The van der Waals surface area contributed by atoms with Gasteiger partial charge in [-0.25, -0.2) is 4.98 Å². The Bertz CT molecular complexity index is 647. The lowest BCUT2D eigenvalue weighted by atomic mass is 9.93. The van der Waals surface area contributed by atoms with Crippen LogP contribution in [0.2, 0.25) is 0 Å². The SMILES string of the molecule is NC(Cc1ccc(O)cc1)c1nc(C(=O)NC2CCC2)co1. The molecule has 116 valence electrons. The zero-order valence-corrected chi connectivity index (χ0v) is 12.2. The smallest absolute Gasteiger partial charge is 0.273 e. The predicted molar refractivity (Wildman–Crippen MR) is 80.3 cm³/mol. The summed E-state index contributed by atoms with van der Waals surface area (Å²) in [6, 6.07) is 6.63. The minimum atomic E-state index is -0.435. The lowest BCUT2D eigenvalue weighted by molar-refractivity contribution is 0.0912. The van der Waals surface area contributed by atoms with Gasteiger partial charge in [-0.3, -0.25) is 4.79 Å². The maximum absolute atomic E-state index is 12.0. The topological polar surface area (TPSA) is 101 Å². The van der Waals surface area contributed by atoms with E-state index in [1.807, 2.05) is 0 Å². The number of aromatic nitrogens is 1. The monoisotopic (exact) mass is 301 g/mol. The van der Waals surface area contributed by atoms with Crippen molar-refractivity contribution < 1.29 is 14.3 Å². The molecule has 0 bridgehead atoms. The minimum absolute atomic E-state index is 0.211. The van der Waals surface area contributed by atoms with E-state index < -0.39 is 6.04 Å². The second-order valence-corrected chi connectivity index (χ2v) is 5.65. The summed E-state index contributed by atoms with van der Waals surface area (Å²) in [5.74, 6) is 0.340. The number of nitrogens with two attached hydrogens (primary N) is 1. The Kier molecular flexibility index (Phi) is 4.11. The van der Waals surface area contributed by atoms with Crippen molar-refractivity contribution in [1.82, 2.24) is 10.3 Å². The number of nitrogens with one attached hydrogen (secondary N) is 1. The number of carbonyl (C=O) groups excluding carboxylic acids is 1. The Hall–Kier alpha value is -2.34. The van der Waals surface area contributed by atoms with Crippen molar-refractivity contribution in [2.75, 3.05) is 0 Å². The fraction of sp³-hybridized carbons (Fsp3) is 0.375. The summed E-state index contributed by atoms with van der Waals surface area (Å²) in [5.41, 5.74) is 7.30. The molecule has 0 radical (unpaired) electrons. The predicted octanol–water partition coefficient (Wildman–Crippen LogP) is 1.91. The number of rotatable bonds is 5. The van der Waals surface area contributed by atoms with Crippen molar-refractivity contribution in [2.45, 2.75) is 37.8 Å². The molecule has 1 aliphatic carbocycles. The van der Waals surface area contributed by atoms with Crippen molar-refractivity contribution in [3.05, 3.63) is 47.7 Å². The van der Waals surface area contributed by atoms with Crippen LogP contribution in [0.5, 0.6) is 5.75 Å². The van der Waals surface area contributed by atoms with Crippen LogP contribution < -0.4 is 11.1 Å². The van der Waals surface area contributed by atoms with Gasteiger partial charge >= 0.3 is 0 Å². The molecule has 1 unspecified atom stereocenters. The molecule has 4 N–H and O–H groups in total. The van der Waals surface area contributed by atoms with Crippen molar-refractivity contribution in [3.8, 4) is 5.75 Å². The van der Waals surface area contributed by atoms with E-state index in [9.17, 15) is 9.90 Å². The van der Waals surface area contributed by atoms with E-state index in [1.54, 1.807) is 24.3 Å². The molecule has 6 heteroatoms. The molecule has 0 aliphatic heterocycles. The van der Waals surface area contributed by atoms with Gasteiger partial charge in [0.1, 0.15) is 12.0 Å².